The van der Waals surface area contributed by atoms with Gasteiger partial charge in [0, 0.05) is 12.1 Å². The smallest absolute Gasteiger partial charge is 0.357 e. The van der Waals surface area contributed by atoms with Crippen molar-refractivity contribution in [3.63, 3.8) is 0 Å². The third-order valence-corrected chi connectivity index (χ3v) is 1.86. The summed E-state index contributed by atoms with van der Waals surface area (Å²) >= 11 is 0. The van der Waals surface area contributed by atoms with Crippen molar-refractivity contribution in [2.45, 2.75) is 20.8 Å². The van der Waals surface area contributed by atoms with Crippen LogP contribution in [0.5, 0.6) is 11.6 Å². The quantitative estimate of drug-likeness (QED) is 0.711. The Balaban J connectivity index is 2.98. The molecule has 0 aliphatic heterocycles. The van der Waals surface area contributed by atoms with Gasteiger partial charge in [-0.15, -0.1) is 0 Å². The Morgan fingerprint density at radius 1 is 1.12 bits per heavy atom. The molecule has 0 atom stereocenters. The molecule has 0 aliphatic rings. The molecule has 17 heavy (non-hydrogen) atoms. The van der Waals surface area contributed by atoms with Crippen LogP contribution in [0.1, 0.15) is 31.3 Å². The van der Waals surface area contributed by atoms with Gasteiger partial charge in [0.1, 0.15) is 5.75 Å². The van der Waals surface area contributed by atoms with Gasteiger partial charge < -0.3 is 14.2 Å². The maximum atomic E-state index is 11.6. The molecule has 5 nitrogen and oxygen atoms in total. The normalized spacial score (nSPS) is 9.82. The standard InChI is InChI=1S/C12H17NO4/c1-4-15-9-7-10(12(14)17-6-3)13-11(8-9)16-5-2/h7-8H,4-6H2,1-3H3. The first kappa shape index (κ1) is 13.3. The minimum absolute atomic E-state index is 0.196. The van der Waals surface area contributed by atoms with Crippen molar-refractivity contribution in [3.8, 4) is 11.6 Å². The van der Waals surface area contributed by atoms with Crippen LogP contribution in [0, 0.1) is 0 Å². The molecule has 94 valence electrons. The first-order chi connectivity index (χ1) is 8.21. The highest BCUT2D eigenvalue weighted by Gasteiger charge is 2.12. The second kappa shape index (κ2) is 6.73. The van der Waals surface area contributed by atoms with Gasteiger partial charge >= 0.3 is 5.97 Å². The highest BCUT2D eigenvalue weighted by Crippen LogP contribution is 2.20. The number of nitrogens with zero attached hydrogens (tertiary/aromatic N) is 1. The van der Waals surface area contributed by atoms with Gasteiger partial charge in [-0.05, 0) is 20.8 Å². The van der Waals surface area contributed by atoms with Crippen LogP contribution in [0.3, 0.4) is 0 Å². The van der Waals surface area contributed by atoms with Crippen molar-refractivity contribution >= 4 is 5.97 Å². The molecule has 1 heterocycles. The first-order valence-electron chi connectivity index (χ1n) is 5.66. The van der Waals surface area contributed by atoms with Crippen LogP contribution in [-0.2, 0) is 4.74 Å². The fraction of sp³-hybridized carbons (Fsp3) is 0.500. The second-order valence-corrected chi connectivity index (χ2v) is 3.11. The molecule has 0 unspecified atom stereocenters. The van der Waals surface area contributed by atoms with Crippen molar-refractivity contribution in [3.05, 3.63) is 17.8 Å². The van der Waals surface area contributed by atoms with E-state index in [1.807, 2.05) is 13.8 Å². The van der Waals surface area contributed by atoms with Crippen LogP contribution in [0.4, 0.5) is 0 Å². The highest BCUT2D eigenvalue weighted by atomic mass is 16.5. The highest BCUT2D eigenvalue weighted by molar-refractivity contribution is 5.87. The Kier molecular flexibility index (Phi) is 5.26. The van der Waals surface area contributed by atoms with E-state index in [2.05, 4.69) is 4.98 Å². The summed E-state index contributed by atoms with van der Waals surface area (Å²) in [6.45, 7) is 6.75. The Hall–Kier alpha value is -1.78. The van der Waals surface area contributed by atoms with E-state index in [4.69, 9.17) is 14.2 Å². The molecule has 1 aromatic heterocycles. The number of carbonyl (C=O) groups is 1. The lowest BCUT2D eigenvalue weighted by molar-refractivity contribution is 0.0517. The summed E-state index contributed by atoms with van der Waals surface area (Å²) < 4.78 is 15.5. The van der Waals surface area contributed by atoms with E-state index in [1.54, 1.807) is 19.1 Å². The summed E-state index contributed by atoms with van der Waals surface area (Å²) in [5.74, 6) is 0.436. The third kappa shape index (κ3) is 3.94. The van der Waals surface area contributed by atoms with E-state index in [0.29, 0.717) is 31.5 Å². The Morgan fingerprint density at radius 3 is 2.41 bits per heavy atom. The molecular formula is C12H17NO4. The van der Waals surface area contributed by atoms with Gasteiger partial charge in [-0.25, -0.2) is 9.78 Å². The lowest BCUT2D eigenvalue weighted by Gasteiger charge is -2.09. The van der Waals surface area contributed by atoms with Crippen molar-refractivity contribution in [2.24, 2.45) is 0 Å². The lowest BCUT2D eigenvalue weighted by Crippen LogP contribution is -2.09. The Labute approximate surface area is 101 Å². The summed E-state index contributed by atoms with van der Waals surface area (Å²) in [5, 5.41) is 0. The molecule has 1 rings (SSSR count). The van der Waals surface area contributed by atoms with Crippen LogP contribution >= 0.6 is 0 Å². The van der Waals surface area contributed by atoms with Gasteiger partial charge in [-0.1, -0.05) is 0 Å². The van der Waals surface area contributed by atoms with E-state index in [-0.39, 0.29) is 5.69 Å². The van der Waals surface area contributed by atoms with E-state index >= 15 is 0 Å². The van der Waals surface area contributed by atoms with Crippen LogP contribution in [0.25, 0.3) is 0 Å². The molecule has 0 amide bonds. The van der Waals surface area contributed by atoms with Gasteiger partial charge in [0.05, 0.1) is 19.8 Å². The van der Waals surface area contributed by atoms with Gasteiger partial charge in [0.15, 0.2) is 5.69 Å². The summed E-state index contributed by atoms with van der Waals surface area (Å²) in [4.78, 5) is 15.6. The summed E-state index contributed by atoms with van der Waals surface area (Å²) in [7, 11) is 0. The monoisotopic (exact) mass is 239 g/mol. The van der Waals surface area contributed by atoms with Gasteiger partial charge in [-0.3, -0.25) is 0 Å². The van der Waals surface area contributed by atoms with E-state index in [1.165, 1.54) is 0 Å². The summed E-state index contributed by atoms with van der Waals surface area (Å²) in [6, 6.07) is 3.19. The van der Waals surface area contributed by atoms with Crippen molar-refractivity contribution in [2.75, 3.05) is 19.8 Å². The molecule has 0 aromatic carbocycles. The van der Waals surface area contributed by atoms with Crippen LogP contribution < -0.4 is 9.47 Å². The zero-order valence-electron chi connectivity index (χ0n) is 10.4. The number of hydrogen-bond donors (Lipinski definition) is 0. The first-order valence-corrected chi connectivity index (χ1v) is 5.66. The van der Waals surface area contributed by atoms with Crippen LogP contribution in [0.15, 0.2) is 12.1 Å². The molecular weight excluding hydrogens is 222 g/mol. The Bertz CT molecular complexity index is 355. The molecule has 5 heteroatoms. The number of pyridine rings is 1. The zero-order valence-corrected chi connectivity index (χ0v) is 10.4. The maximum Gasteiger partial charge on any atom is 0.357 e. The molecule has 0 fully saturated rings. The van der Waals surface area contributed by atoms with E-state index in [0.717, 1.165) is 0 Å². The van der Waals surface area contributed by atoms with Crippen LogP contribution in [0.2, 0.25) is 0 Å². The number of esters is 1. The summed E-state index contributed by atoms with van der Waals surface area (Å²) in [5.41, 5.74) is 0.196. The number of aromatic nitrogens is 1. The van der Waals surface area contributed by atoms with Crippen molar-refractivity contribution < 1.29 is 19.0 Å². The SMILES string of the molecule is CCOC(=O)c1cc(OCC)cc(OCC)n1. The largest absolute Gasteiger partial charge is 0.494 e. The lowest BCUT2D eigenvalue weighted by atomic mass is 10.3. The fourth-order valence-electron chi connectivity index (χ4n) is 1.26. The van der Waals surface area contributed by atoms with E-state index < -0.39 is 5.97 Å². The minimum atomic E-state index is -0.477. The fourth-order valence-corrected chi connectivity index (χ4v) is 1.26. The topological polar surface area (TPSA) is 57.7 Å². The average molecular weight is 239 g/mol. The van der Waals surface area contributed by atoms with E-state index in [9.17, 15) is 4.79 Å². The van der Waals surface area contributed by atoms with Gasteiger partial charge in [-0.2, -0.15) is 0 Å². The minimum Gasteiger partial charge on any atom is -0.494 e. The molecule has 0 spiro atoms. The maximum absolute atomic E-state index is 11.6. The molecule has 0 saturated heterocycles. The number of rotatable bonds is 6. The predicted molar refractivity (Wildman–Crippen MR) is 62.5 cm³/mol. The average Bonchev–Trinajstić information content (AvgIpc) is 2.30. The molecule has 1 aromatic rings. The van der Waals surface area contributed by atoms with Crippen molar-refractivity contribution in [1.29, 1.82) is 0 Å². The second-order valence-electron chi connectivity index (χ2n) is 3.11. The molecule has 0 aliphatic carbocycles. The third-order valence-electron chi connectivity index (χ3n) is 1.86. The molecule has 0 radical (unpaired) electrons. The predicted octanol–water partition coefficient (Wildman–Crippen LogP) is 2.06. The van der Waals surface area contributed by atoms with Crippen LogP contribution in [-0.4, -0.2) is 30.8 Å². The van der Waals surface area contributed by atoms with Crippen molar-refractivity contribution in [1.82, 2.24) is 4.98 Å². The zero-order chi connectivity index (χ0) is 12.7. The molecule has 0 saturated carbocycles. The number of carbonyl (C=O) groups excluding carboxylic acids is 1. The molecule has 0 bridgehead atoms. The Morgan fingerprint density at radius 2 is 1.82 bits per heavy atom. The summed E-state index contributed by atoms with van der Waals surface area (Å²) in [6.07, 6.45) is 0. The van der Waals surface area contributed by atoms with Gasteiger partial charge in [0.2, 0.25) is 5.88 Å². The number of ether oxygens (including phenoxy) is 3. The van der Waals surface area contributed by atoms with Gasteiger partial charge in [0.25, 0.3) is 0 Å². The number of hydrogen-bond acceptors (Lipinski definition) is 5. The molecule has 0 N–H and O–H groups in total.